The zero-order valence-electron chi connectivity index (χ0n) is 13.1. The Bertz CT molecular complexity index is 862. The number of benzene rings is 2. The molecule has 2 aromatic carbocycles. The average Bonchev–Trinajstić information content (AvgIpc) is 3.00. The molecule has 0 aliphatic carbocycles. The van der Waals surface area contributed by atoms with Gasteiger partial charge in [0.1, 0.15) is 11.6 Å². The Hall–Kier alpha value is -2.62. The van der Waals surface area contributed by atoms with Crippen molar-refractivity contribution in [3.05, 3.63) is 48.5 Å². The zero-order valence-corrected chi connectivity index (χ0v) is 13.1. The number of hydrogen-bond donors (Lipinski definition) is 1. The fourth-order valence-corrected chi connectivity index (χ4v) is 3.31. The fourth-order valence-electron chi connectivity index (χ4n) is 3.31. The van der Waals surface area contributed by atoms with Crippen LogP contribution in [-0.2, 0) is 0 Å². The number of aromatic hydroxyl groups is 1. The number of hydrogen-bond acceptors (Lipinski definition) is 4. The molecule has 4 heteroatoms. The van der Waals surface area contributed by atoms with Gasteiger partial charge in [0.05, 0.1) is 11.1 Å². The lowest BCUT2D eigenvalue weighted by atomic mass is 10.1. The molecule has 3 aromatic rings. The largest absolute Gasteiger partial charge is 0.507 e. The molecule has 116 valence electrons. The average molecular weight is 305 g/mol. The van der Waals surface area contributed by atoms with E-state index in [4.69, 9.17) is 4.98 Å². The third-order valence-corrected chi connectivity index (χ3v) is 4.55. The Labute approximate surface area is 135 Å². The number of phenols is 1. The van der Waals surface area contributed by atoms with Crippen LogP contribution in [0.2, 0.25) is 0 Å². The van der Waals surface area contributed by atoms with Gasteiger partial charge in [-0.25, -0.2) is 9.97 Å². The van der Waals surface area contributed by atoms with E-state index in [2.05, 4.69) is 22.9 Å². The molecule has 1 aliphatic heterocycles. The lowest BCUT2D eigenvalue weighted by Crippen LogP contribution is -2.27. The number of aromatic nitrogens is 2. The van der Waals surface area contributed by atoms with E-state index in [1.807, 2.05) is 36.4 Å². The molecule has 4 nitrogen and oxygen atoms in total. The third-order valence-electron chi connectivity index (χ3n) is 4.55. The molecule has 0 spiro atoms. The highest BCUT2D eigenvalue weighted by atomic mass is 16.3. The first kappa shape index (κ1) is 14.0. The molecule has 0 bridgehead atoms. The number of fused-ring (bicyclic) bond motifs is 1. The first-order chi connectivity index (χ1) is 11.2. The minimum absolute atomic E-state index is 0.211. The lowest BCUT2D eigenvalue weighted by Gasteiger charge is -2.24. The van der Waals surface area contributed by atoms with Crippen LogP contribution in [0.15, 0.2) is 48.5 Å². The predicted molar refractivity (Wildman–Crippen MR) is 92.7 cm³/mol. The molecule has 23 heavy (non-hydrogen) atoms. The highest BCUT2D eigenvalue weighted by Gasteiger charge is 2.24. The van der Waals surface area contributed by atoms with E-state index in [1.165, 1.54) is 12.8 Å². The van der Waals surface area contributed by atoms with Crippen molar-refractivity contribution >= 4 is 16.7 Å². The minimum atomic E-state index is 0.211. The number of para-hydroxylation sites is 2. The maximum absolute atomic E-state index is 10.2. The van der Waals surface area contributed by atoms with Gasteiger partial charge in [-0.2, -0.15) is 0 Å². The molecular weight excluding hydrogens is 286 g/mol. The zero-order chi connectivity index (χ0) is 15.8. The summed E-state index contributed by atoms with van der Waals surface area (Å²) < 4.78 is 0. The van der Waals surface area contributed by atoms with Crippen LogP contribution in [-0.4, -0.2) is 27.7 Å². The number of rotatable bonds is 2. The van der Waals surface area contributed by atoms with Crippen LogP contribution >= 0.6 is 0 Å². The monoisotopic (exact) mass is 305 g/mol. The topological polar surface area (TPSA) is 49.2 Å². The van der Waals surface area contributed by atoms with Crippen LogP contribution in [0.1, 0.15) is 19.8 Å². The van der Waals surface area contributed by atoms with Crippen molar-refractivity contribution in [2.75, 3.05) is 11.4 Å². The summed E-state index contributed by atoms with van der Waals surface area (Å²) in [6.07, 6.45) is 2.37. The second-order valence-corrected chi connectivity index (χ2v) is 6.09. The van der Waals surface area contributed by atoms with Gasteiger partial charge in [0, 0.05) is 18.0 Å². The summed E-state index contributed by atoms with van der Waals surface area (Å²) in [4.78, 5) is 11.8. The molecule has 4 rings (SSSR count). The molecule has 1 aliphatic rings. The first-order valence-electron chi connectivity index (χ1n) is 8.06. The summed E-state index contributed by atoms with van der Waals surface area (Å²) in [5, 5.41) is 11.2. The summed E-state index contributed by atoms with van der Waals surface area (Å²) in [5.41, 5.74) is 1.58. The van der Waals surface area contributed by atoms with Crippen LogP contribution in [0.3, 0.4) is 0 Å². The molecule has 0 radical (unpaired) electrons. The number of nitrogens with zero attached hydrogens (tertiary/aromatic N) is 3. The van der Waals surface area contributed by atoms with Crippen molar-refractivity contribution in [1.29, 1.82) is 0 Å². The van der Waals surface area contributed by atoms with Crippen LogP contribution in [0, 0.1) is 0 Å². The van der Waals surface area contributed by atoms with Crippen molar-refractivity contribution in [3.63, 3.8) is 0 Å². The summed E-state index contributed by atoms with van der Waals surface area (Å²) in [7, 11) is 0. The summed E-state index contributed by atoms with van der Waals surface area (Å²) >= 11 is 0. The lowest BCUT2D eigenvalue weighted by molar-refractivity contribution is 0.477. The Morgan fingerprint density at radius 3 is 2.61 bits per heavy atom. The van der Waals surface area contributed by atoms with E-state index in [0.29, 0.717) is 17.4 Å². The molecule has 0 saturated carbocycles. The second-order valence-electron chi connectivity index (χ2n) is 6.09. The molecule has 1 fully saturated rings. The van der Waals surface area contributed by atoms with Gasteiger partial charge in [0.15, 0.2) is 5.82 Å². The third kappa shape index (κ3) is 2.40. The van der Waals surface area contributed by atoms with Crippen LogP contribution in [0.25, 0.3) is 22.3 Å². The van der Waals surface area contributed by atoms with Crippen molar-refractivity contribution in [2.24, 2.45) is 0 Å². The molecular formula is C19H19N3O. The van der Waals surface area contributed by atoms with Gasteiger partial charge in [-0.1, -0.05) is 24.3 Å². The number of phenolic OH excluding ortho intramolecular Hbond substituents is 1. The van der Waals surface area contributed by atoms with Gasteiger partial charge in [-0.3, -0.25) is 0 Å². The van der Waals surface area contributed by atoms with E-state index in [0.717, 1.165) is 23.3 Å². The normalized spacial score (nSPS) is 17.8. The van der Waals surface area contributed by atoms with E-state index in [9.17, 15) is 5.11 Å². The standard InChI is InChI=1S/C19H19N3O/c1-13-7-6-12-22(13)19-14-8-2-4-10-16(14)20-18(21-19)15-9-3-5-11-17(15)23/h2-5,8-11,13,23H,6-7,12H2,1H3. The van der Waals surface area contributed by atoms with Crippen molar-refractivity contribution in [1.82, 2.24) is 9.97 Å². The van der Waals surface area contributed by atoms with Gasteiger partial charge >= 0.3 is 0 Å². The highest BCUT2D eigenvalue weighted by molar-refractivity contribution is 5.91. The van der Waals surface area contributed by atoms with E-state index in [-0.39, 0.29) is 5.75 Å². The smallest absolute Gasteiger partial charge is 0.165 e. The fraction of sp³-hybridized carbons (Fsp3) is 0.263. The van der Waals surface area contributed by atoms with Gasteiger partial charge in [-0.05, 0) is 44.0 Å². The molecule has 1 aromatic heterocycles. The van der Waals surface area contributed by atoms with Gasteiger partial charge in [0.2, 0.25) is 0 Å². The highest BCUT2D eigenvalue weighted by Crippen LogP contribution is 2.34. The van der Waals surface area contributed by atoms with Crippen LogP contribution in [0.4, 0.5) is 5.82 Å². The Morgan fingerprint density at radius 1 is 1.04 bits per heavy atom. The molecule has 1 unspecified atom stereocenters. The van der Waals surface area contributed by atoms with E-state index < -0.39 is 0 Å². The van der Waals surface area contributed by atoms with Crippen molar-refractivity contribution in [2.45, 2.75) is 25.8 Å². The summed E-state index contributed by atoms with van der Waals surface area (Å²) in [6, 6.07) is 15.8. The minimum Gasteiger partial charge on any atom is -0.507 e. The molecule has 1 saturated heterocycles. The molecule has 1 atom stereocenters. The Kier molecular flexibility index (Phi) is 3.37. The Balaban J connectivity index is 1.95. The quantitative estimate of drug-likeness (QED) is 0.777. The maximum atomic E-state index is 10.2. The van der Waals surface area contributed by atoms with Crippen LogP contribution in [0.5, 0.6) is 5.75 Å². The van der Waals surface area contributed by atoms with Gasteiger partial charge < -0.3 is 10.0 Å². The Morgan fingerprint density at radius 2 is 1.83 bits per heavy atom. The summed E-state index contributed by atoms with van der Waals surface area (Å²) in [5.74, 6) is 1.76. The molecule has 0 amide bonds. The van der Waals surface area contributed by atoms with Gasteiger partial charge in [0.25, 0.3) is 0 Å². The molecule has 1 N–H and O–H groups in total. The number of anilines is 1. The second kappa shape index (κ2) is 5.54. The van der Waals surface area contributed by atoms with Crippen molar-refractivity contribution in [3.8, 4) is 17.1 Å². The summed E-state index contributed by atoms with van der Waals surface area (Å²) in [6.45, 7) is 3.26. The van der Waals surface area contributed by atoms with Crippen molar-refractivity contribution < 1.29 is 5.11 Å². The van der Waals surface area contributed by atoms with E-state index in [1.54, 1.807) is 6.07 Å². The van der Waals surface area contributed by atoms with E-state index >= 15 is 0 Å². The first-order valence-corrected chi connectivity index (χ1v) is 8.06. The SMILES string of the molecule is CC1CCCN1c1nc(-c2ccccc2O)nc2ccccc12. The van der Waals surface area contributed by atoms with Gasteiger partial charge in [-0.15, -0.1) is 0 Å². The van der Waals surface area contributed by atoms with Crippen LogP contribution < -0.4 is 4.90 Å². The predicted octanol–water partition coefficient (Wildman–Crippen LogP) is 3.99. The maximum Gasteiger partial charge on any atom is 0.165 e. The molecule has 2 heterocycles.